The number of carboxylic acid groups (broad SMARTS) is 3. The van der Waals surface area contributed by atoms with Crippen LogP contribution in [0.3, 0.4) is 0 Å². The number of hydrogen-bond acceptors (Lipinski definition) is 7. The van der Waals surface area contributed by atoms with Crippen molar-refractivity contribution in [2.75, 3.05) is 0 Å². The largest absolute Gasteiger partial charge is 0.550 e. The van der Waals surface area contributed by atoms with Gasteiger partial charge in [0.25, 0.3) is 0 Å². The first-order valence-electron chi connectivity index (χ1n) is 3.20. The van der Waals surface area contributed by atoms with Gasteiger partial charge < -0.3 is 34.4 Å². The molecule has 1 rings (SSSR count). The second kappa shape index (κ2) is 2.70. The summed E-state index contributed by atoms with van der Waals surface area (Å²) in [5, 5.41) is 30.5. The molecule has 0 spiro atoms. The normalized spacial score (nSPS) is 30.9. The number of carbonyl (C=O) groups excluding carboxylic acids is 3. The van der Waals surface area contributed by atoms with E-state index >= 15 is 0 Å². The quantitative estimate of drug-likeness (QED) is 0.401. The molecule has 0 saturated carbocycles. The van der Waals surface area contributed by atoms with Crippen LogP contribution in [0, 0.1) is 0 Å². The van der Waals surface area contributed by atoms with Crippen molar-refractivity contribution in [1.82, 2.24) is 0 Å². The van der Waals surface area contributed by atoms with Crippen molar-refractivity contribution in [3.63, 3.8) is 0 Å². The van der Waals surface area contributed by atoms with Gasteiger partial charge in [-0.05, 0) is 0 Å². The van der Waals surface area contributed by atoms with Gasteiger partial charge in [-0.1, -0.05) is 0 Å². The molecule has 2 atom stereocenters. The molecule has 1 fully saturated rings. The van der Waals surface area contributed by atoms with Crippen LogP contribution in [0.2, 0.25) is 0 Å². The minimum atomic E-state index is -2.31. The fourth-order valence-corrected chi connectivity index (χ4v) is 0.991. The van der Waals surface area contributed by atoms with E-state index in [4.69, 9.17) is 0 Å². The maximum Gasteiger partial charge on any atom is 0.145 e. The van der Waals surface area contributed by atoms with E-state index in [0.29, 0.717) is 0 Å². The number of ether oxygens (including phenoxy) is 1. The first-order chi connectivity index (χ1) is 5.90. The monoisotopic (exact) mass is 187 g/mol. The molecular weight excluding hydrogens is 184 g/mol. The highest BCUT2D eigenvalue weighted by molar-refractivity contribution is 5.93. The van der Waals surface area contributed by atoms with Gasteiger partial charge >= 0.3 is 0 Å². The molecule has 7 heteroatoms. The lowest BCUT2D eigenvalue weighted by atomic mass is 10.0. The molecule has 0 aromatic carbocycles. The Balaban J connectivity index is 2.77. The molecular formula is C6H3O7-3. The Kier molecular flexibility index (Phi) is 1.96. The van der Waals surface area contributed by atoms with Crippen molar-refractivity contribution in [2.45, 2.75) is 18.1 Å². The van der Waals surface area contributed by atoms with Gasteiger partial charge in [0.1, 0.15) is 11.7 Å². The average molecular weight is 187 g/mol. The zero-order chi connectivity index (χ0) is 10.2. The highest BCUT2D eigenvalue weighted by Gasteiger charge is 2.58. The summed E-state index contributed by atoms with van der Waals surface area (Å²) < 4.78 is 4.19. The van der Waals surface area contributed by atoms with E-state index in [0.717, 1.165) is 0 Å². The highest BCUT2D eigenvalue weighted by Crippen LogP contribution is 2.38. The molecule has 13 heavy (non-hydrogen) atoms. The molecule has 0 aliphatic carbocycles. The molecule has 1 aliphatic heterocycles. The Morgan fingerprint density at radius 2 is 1.77 bits per heavy atom. The predicted molar refractivity (Wildman–Crippen MR) is 27.2 cm³/mol. The second-order valence-electron chi connectivity index (χ2n) is 2.54. The van der Waals surface area contributed by atoms with Gasteiger partial charge in [-0.15, -0.1) is 0 Å². The lowest BCUT2D eigenvalue weighted by Gasteiger charge is -2.14. The fraction of sp³-hybridized carbons (Fsp3) is 0.500. The third kappa shape index (κ3) is 1.45. The van der Waals surface area contributed by atoms with Crippen LogP contribution in [0.25, 0.3) is 0 Å². The van der Waals surface area contributed by atoms with Crippen LogP contribution in [0.15, 0.2) is 0 Å². The summed E-state index contributed by atoms with van der Waals surface area (Å²) in [5.41, 5.74) is -2.31. The van der Waals surface area contributed by atoms with Crippen LogP contribution in [-0.2, 0) is 19.1 Å². The van der Waals surface area contributed by atoms with Crippen molar-refractivity contribution in [3.8, 4) is 0 Å². The molecule has 72 valence electrons. The molecule has 7 nitrogen and oxygen atoms in total. The number of carboxylic acids is 3. The summed E-state index contributed by atoms with van der Waals surface area (Å²) in [5.74, 6) is -5.41. The van der Waals surface area contributed by atoms with E-state index in [1.54, 1.807) is 0 Å². The van der Waals surface area contributed by atoms with E-state index < -0.39 is 36.0 Å². The maximum atomic E-state index is 10.3. The predicted octanol–water partition coefficient (Wildman–Crippen LogP) is -5.24. The third-order valence-corrected chi connectivity index (χ3v) is 1.66. The van der Waals surface area contributed by atoms with Gasteiger partial charge in [0.15, 0.2) is 0 Å². The molecule has 0 radical (unpaired) electrons. The van der Waals surface area contributed by atoms with E-state index in [2.05, 4.69) is 4.74 Å². The Labute approximate surface area is 71.5 Å². The van der Waals surface area contributed by atoms with Crippen LogP contribution in [-0.4, -0.2) is 29.6 Å². The Hall–Kier alpha value is -1.63. The Morgan fingerprint density at radius 1 is 1.23 bits per heavy atom. The summed E-state index contributed by atoms with van der Waals surface area (Å²) in [6.45, 7) is 0. The zero-order valence-corrected chi connectivity index (χ0v) is 6.14. The average Bonchev–Trinajstić information content (AvgIpc) is 2.62. The van der Waals surface area contributed by atoms with Crippen molar-refractivity contribution < 1.29 is 34.4 Å². The molecule has 0 aromatic rings. The van der Waals surface area contributed by atoms with Crippen LogP contribution >= 0.6 is 0 Å². The van der Waals surface area contributed by atoms with Gasteiger partial charge in [-0.3, -0.25) is 0 Å². The van der Waals surface area contributed by atoms with Crippen LogP contribution in [0.4, 0.5) is 0 Å². The van der Waals surface area contributed by atoms with Crippen molar-refractivity contribution in [3.05, 3.63) is 0 Å². The summed E-state index contributed by atoms with van der Waals surface area (Å²) in [6, 6.07) is 0. The van der Waals surface area contributed by atoms with Crippen LogP contribution < -0.4 is 15.3 Å². The van der Waals surface area contributed by atoms with Crippen molar-refractivity contribution in [1.29, 1.82) is 0 Å². The summed E-state index contributed by atoms with van der Waals surface area (Å²) in [4.78, 5) is 30.5. The SMILES string of the molecule is O=C([O-])C[C@]1(C(=O)[O-])O[C@@H]1C(=O)[O-]. The Bertz CT molecular complexity index is 283. The van der Waals surface area contributed by atoms with E-state index in [1.807, 2.05) is 0 Å². The lowest BCUT2D eigenvalue weighted by Crippen LogP contribution is -2.47. The van der Waals surface area contributed by atoms with E-state index in [9.17, 15) is 29.7 Å². The molecule has 0 amide bonds. The minimum Gasteiger partial charge on any atom is -0.550 e. The standard InChI is InChI=1S/C6H6O7/c7-2(8)1-6(5(11)12)3(13-6)4(9)10/h3H,1H2,(H,7,8)(H,9,10)(H,11,12)/p-3/t3-,6+/m1/s1. The number of hydrogen-bond donors (Lipinski definition) is 0. The number of rotatable bonds is 4. The van der Waals surface area contributed by atoms with Crippen LogP contribution in [0.5, 0.6) is 0 Å². The smallest absolute Gasteiger partial charge is 0.145 e. The third-order valence-electron chi connectivity index (χ3n) is 1.66. The summed E-state index contributed by atoms with van der Waals surface area (Å²) in [6.07, 6.45) is -2.83. The number of epoxide rings is 1. The van der Waals surface area contributed by atoms with Gasteiger partial charge in [0, 0.05) is 12.4 Å². The minimum absolute atomic E-state index is 1.06. The summed E-state index contributed by atoms with van der Waals surface area (Å²) in [7, 11) is 0. The van der Waals surface area contributed by atoms with Gasteiger partial charge in [0.2, 0.25) is 0 Å². The fourth-order valence-electron chi connectivity index (χ4n) is 0.991. The highest BCUT2D eigenvalue weighted by atomic mass is 16.7. The second-order valence-corrected chi connectivity index (χ2v) is 2.54. The lowest BCUT2D eigenvalue weighted by molar-refractivity contribution is -0.322. The molecule has 0 N–H and O–H groups in total. The topological polar surface area (TPSA) is 133 Å². The van der Waals surface area contributed by atoms with Gasteiger partial charge in [-0.2, -0.15) is 0 Å². The van der Waals surface area contributed by atoms with E-state index in [1.165, 1.54) is 0 Å². The molecule has 0 unspecified atom stereocenters. The van der Waals surface area contributed by atoms with Gasteiger partial charge in [-0.25, -0.2) is 0 Å². The summed E-state index contributed by atoms with van der Waals surface area (Å²) >= 11 is 0. The maximum absolute atomic E-state index is 10.3. The van der Waals surface area contributed by atoms with Crippen molar-refractivity contribution >= 4 is 17.9 Å². The molecule has 1 heterocycles. The van der Waals surface area contributed by atoms with Crippen LogP contribution in [0.1, 0.15) is 6.42 Å². The van der Waals surface area contributed by atoms with Gasteiger partial charge in [0.05, 0.1) is 11.9 Å². The first kappa shape index (κ1) is 9.46. The number of aliphatic carboxylic acids is 3. The molecule has 0 aromatic heterocycles. The van der Waals surface area contributed by atoms with Crippen molar-refractivity contribution in [2.24, 2.45) is 0 Å². The molecule has 1 saturated heterocycles. The molecule has 1 aliphatic rings. The Morgan fingerprint density at radius 3 is 2.00 bits per heavy atom. The first-order valence-corrected chi connectivity index (χ1v) is 3.20. The number of carbonyl (C=O) groups is 3. The molecule has 0 bridgehead atoms. The van der Waals surface area contributed by atoms with E-state index in [-0.39, 0.29) is 0 Å². The zero-order valence-electron chi connectivity index (χ0n) is 6.14.